The second-order valence-corrected chi connectivity index (χ2v) is 3.16. The molecule has 0 aromatic heterocycles. The van der Waals surface area contributed by atoms with E-state index in [1.807, 2.05) is 6.92 Å². The Hall–Kier alpha value is -2.30. The molecule has 0 atom stereocenters. The second-order valence-electron chi connectivity index (χ2n) is 3.16. The van der Waals surface area contributed by atoms with Crippen LogP contribution in [-0.4, -0.2) is 28.6 Å². The molecule has 17 heavy (non-hydrogen) atoms. The Labute approximate surface area is 98.0 Å². The maximum atomic E-state index is 10.8. The van der Waals surface area contributed by atoms with Crippen molar-refractivity contribution < 1.29 is 24.5 Å². The van der Waals surface area contributed by atoms with Crippen molar-refractivity contribution in [3.05, 3.63) is 35.9 Å². The summed E-state index contributed by atoms with van der Waals surface area (Å²) in [6.07, 6.45) is 0.665. The number of aliphatic carboxylic acids is 1. The van der Waals surface area contributed by atoms with E-state index in [-0.39, 0.29) is 5.76 Å². The highest BCUT2D eigenvalue weighted by atomic mass is 16.5. The van der Waals surface area contributed by atoms with Gasteiger partial charge in [-0.05, 0) is 31.2 Å². The Morgan fingerprint density at radius 1 is 1.24 bits per heavy atom. The third kappa shape index (κ3) is 3.64. The highest BCUT2D eigenvalue weighted by Gasteiger charge is 2.10. The normalized spacial score (nSPS) is 11.0. The van der Waals surface area contributed by atoms with Crippen molar-refractivity contribution in [3.63, 3.8) is 0 Å². The zero-order valence-corrected chi connectivity index (χ0v) is 9.21. The van der Waals surface area contributed by atoms with Crippen LogP contribution in [0.4, 0.5) is 0 Å². The number of benzene rings is 1. The topological polar surface area (TPSA) is 83.8 Å². The summed E-state index contributed by atoms with van der Waals surface area (Å²) in [6.45, 7) is 2.37. The molecule has 0 spiro atoms. The van der Waals surface area contributed by atoms with Crippen LogP contribution in [0.15, 0.2) is 30.3 Å². The lowest BCUT2D eigenvalue weighted by atomic mass is 10.1. The minimum Gasteiger partial charge on any atom is -0.507 e. The van der Waals surface area contributed by atoms with Crippen molar-refractivity contribution in [1.29, 1.82) is 0 Å². The summed E-state index contributed by atoms with van der Waals surface area (Å²) in [5.41, 5.74) is 0.350. The second kappa shape index (κ2) is 5.69. The summed E-state index contributed by atoms with van der Waals surface area (Å²) in [5, 5.41) is 17.9. The molecule has 2 N–H and O–H groups in total. The Kier molecular flexibility index (Phi) is 4.28. The number of carbonyl (C=O) groups is 2. The molecule has 5 nitrogen and oxygen atoms in total. The molecule has 0 aliphatic carbocycles. The van der Waals surface area contributed by atoms with E-state index in [0.717, 1.165) is 0 Å². The van der Waals surface area contributed by atoms with E-state index in [2.05, 4.69) is 0 Å². The van der Waals surface area contributed by atoms with Crippen LogP contribution in [-0.2, 0) is 9.59 Å². The van der Waals surface area contributed by atoms with Gasteiger partial charge in [0.05, 0.1) is 6.61 Å². The van der Waals surface area contributed by atoms with Crippen molar-refractivity contribution in [2.24, 2.45) is 0 Å². The van der Waals surface area contributed by atoms with Gasteiger partial charge in [0, 0.05) is 11.6 Å². The van der Waals surface area contributed by atoms with Gasteiger partial charge < -0.3 is 14.9 Å². The van der Waals surface area contributed by atoms with E-state index >= 15 is 0 Å². The van der Waals surface area contributed by atoms with E-state index in [0.29, 0.717) is 24.0 Å². The highest BCUT2D eigenvalue weighted by Crippen LogP contribution is 2.17. The molecular weight excluding hydrogens is 224 g/mol. The van der Waals surface area contributed by atoms with Crippen molar-refractivity contribution in [2.45, 2.75) is 6.92 Å². The summed E-state index contributed by atoms with van der Waals surface area (Å²) in [4.78, 5) is 21.1. The number of carboxylic acids is 1. The molecule has 0 saturated carbocycles. The van der Waals surface area contributed by atoms with Gasteiger partial charge in [0.15, 0.2) is 0 Å². The Balaban J connectivity index is 2.86. The molecule has 5 heteroatoms. The third-order valence-electron chi connectivity index (χ3n) is 1.94. The molecule has 0 unspecified atom stereocenters. The van der Waals surface area contributed by atoms with Crippen molar-refractivity contribution in [2.75, 3.05) is 6.61 Å². The van der Waals surface area contributed by atoms with Gasteiger partial charge in [-0.2, -0.15) is 0 Å². The van der Waals surface area contributed by atoms with Crippen LogP contribution in [0, 0.1) is 0 Å². The molecule has 0 radical (unpaired) electrons. The molecule has 0 bridgehead atoms. The molecule has 0 aliphatic rings. The first-order valence-corrected chi connectivity index (χ1v) is 4.95. The molecule has 0 saturated heterocycles. The van der Waals surface area contributed by atoms with Crippen LogP contribution in [0.3, 0.4) is 0 Å². The first-order chi connectivity index (χ1) is 8.04. The number of rotatable bonds is 5. The molecule has 1 aromatic carbocycles. The number of aliphatic hydroxyl groups excluding tert-OH is 1. The number of hydrogen-bond donors (Lipinski definition) is 2. The average Bonchev–Trinajstić information content (AvgIpc) is 2.30. The van der Waals surface area contributed by atoms with Crippen LogP contribution in [0.5, 0.6) is 5.75 Å². The molecule has 1 aromatic rings. The van der Waals surface area contributed by atoms with Crippen LogP contribution >= 0.6 is 0 Å². The van der Waals surface area contributed by atoms with Gasteiger partial charge in [-0.15, -0.1) is 0 Å². The molecule has 0 fully saturated rings. The number of ether oxygens (including phenoxy) is 1. The summed E-state index contributed by atoms with van der Waals surface area (Å²) < 4.78 is 5.20. The lowest BCUT2D eigenvalue weighted by Crippen LogP contribution is -2.09. The summed E-state index contributed by atoms with van der Waals surface area (Å²) >= 11 is 0. The maximum absolute atomic E-state index is 10.8. The number of ketones is 1. The summed E-state index contributed by atoms with van der Waals surface area (Å²) in [7, 11) is 0. The predicted octanol–water partition coefficient (Wildman–Crippen LogP) is 1.64. The van der Waals surface area contributed by atoms with Gasteiger partial charge in [-0.25, -0.2) is 4.79 Å². The van der Waals surface area contributed by atoms with E-state index < -0.39 is 11.8 Å². The number of hydrogen-bond acceptors (Lipinski definition) is 4. The highest BCUT2D eigenvalue weighted by molar-refractivity contribution is 6.38. The van der Waals surface area contributed by atoms with Gasteiger partial charge in [-0.3, -0.25) is 4.79 Å². The molecular formula is C12H12O5. The van der Waals surface area contributed by atoms with Gasteiger partial charge in [0.2, 0.25) is 0 Å². The fourth-order valence-corrected chi connectivity index (χ4v) is 1.16. The molecule has 1 rings (SSSR count). The molecule has 0 amide bonds. The Morgan fingerprint density at radius 3 is 2.29 bits per heavy atom. The Bertz CT molecular complexity index is 444. The zero-order valence-electron chi connectivity index (χ0n) is 9.21. The maximum Gasteiger partial charge on any atom is 0.376 e. The van der Waals surface area contributed by atoms with E-state index in [4.69, 9.17) is 9.84 Å². The first kappa shape index (κ1) is 12.8. The standard InChI is InChI=1S/C12H12O5/c1-2-17-9-5-3-8(4-6-9)10(13)7-11(14)12(15)16/h3-7,13H,2H2,1H3,(H,15,16)/b10-7-. The lowest BCUT2D eigenvalue weighted by molar-refractivity contribution is -0.146. The summed E-state index contributed by atoms with van der Waals surface area (Å²) in [6, 6.07) is 6.31. The molecule has 0 aliphatic heterocycles. The van der Waals surface area contributed by atoms with Crippen molar-refractivity contribution in [3.8, 4) is 5.75 Å². The fraction of sp³-hybridized carbons (Fsp3) is 0.167. The Morgan fingerprint density at radius 2 is 1.82 bits per heavy atom. The van der Waals surface area contributed by atoms with E-state index in [1.54, 1.807) is 12.1 Å². The minimum atomic E-state index is -1.61. The minimum absolute atomic E-state index is 0.350. The largest absolute Gasteiger partial charge is 0.507 e. The third-order valence-corrected chi connectivity index (χ3v) is 1.94. The predicted molar refractivity (Wildman–Crippen MR) is 60.9 cm³/mol. The van der Waals surface area contributed by atoms with Gasteiger partial charge >= 0.3 is 5.97 Å². The lowest BCUT2D eigenvalue weighted by Gasteiger charge is -2.04. The number of carbonyl (C=O) groups excluding carboxylic acids is 1. The van der Waals surface area contributed by atoms with Crippen molar-refractivity contribution >= 4 is 17.5 Å². The van der Waals surface area contributed by atoms with Crippen LogP contribution in [0.25, 0.3) is 5.76 Å². The number of carboxylic acid groups (broad SMARTS) is 1. The monoisotopic (exact) mass is 236 g/mol. The van der Waals surface area contributed by atoms with Crippen molar-refractivity contribution in [1.82, 2.24) is 0 Å². The van der Waals surface area contributed by atoms with Crippen LogP contribution in [0.1, 0.15) is 12.5 Å². The molecule has 90 valence electrons. The zero-order chi connectivity index (χ0) is 12.8. The van der Waals surface area contributed by atoms with Gasteiger partial charge in [0.1, 0.15) is 11.5 Å². The molecule has 0 heterocycles. The fourth-order valence-electron chi connectivity index (χ4n) is 1.16. The van der Waals surface area contributed by atoms with E-state index in [1.165, 1.54) is 12.1 Å². The summed E-state index contributed by atoms with van der Waals surface area (Å²) in [5.74, 6) is -2.53. The SMILES string of the molecule is CCOc1ccc(/C(O)=C/C(=O)C(=O)O)cc1. The quantitative estimate of drug-likeness (QED) is 0.461. The van der Waals surface area contributed by atoms with Gasteiger partial charge in [-0.1, -0.05) is 0 Å². The van der Waals surface area contributed by atoms with Crippen LogP contribution in [0.2, 0.25) is 0 Å². The smallest absolute Gasteiger partial charge is 0.376 e. The van der Waals surface area contributed by atoms with Gasteiger partial charge in [0.25, 0.3) is 5.78 Å². The van der Waals surface area contributed by atoms with E-state index in [9.17, 15) is 14.7 Å². The first-order valence-electron chi connectivity index (χ1n) is 4.95. The van der Waals surface area contributed by atoms with Crippen LogP contribution < -0.4 is 4.74 Å². The number of aliphatic hydroxyl groups is 1. The average molecular weight is 236 g/mol.